The monoisotopic (exact) mass is 281 g/mol. The highest BCUT2D eigenvalue weighted by Gasteiger charge is 2.11. The first-order valence-electron chi connectivity index (χ1n) is 6.51. The Kier molecular flexibility index (Phi) is 5.64. The highest BCUT2D eigenvalue weighted by Crippen LogP contribution is 2.30. The summed E-state index contributed by atoms with van der Waals surface area (Å²) in [7, 11) is 1.59. The van der Waals surface area contributed by atoms with Gasteiger partial charge in [0.1, 0.15) is 19.8 Å². The molecule has 1 aliphatic heterocycles. The van der Waals surface area contributed by atoms with Gasteiger partial charge in [0, 0.05) is 13.7 Å². The number of fused-ring (bicyclic) bond motifs is 1. The van der Waals surface area contributed by atoms with Crippen LogP contribution in [0.5, 0.6) is 11.5 Å². The van der Waals surface area contributed by atoms with E-state index in [1.54, 1.807) is 7.11 Å². The van der Waals surface area contributed by atoms with Crippen molar-refractivity contribution in [3.63, 3.8) is 0 Å². The van der Waals surface area contributed by atoms with E-state index < -0.39 is 0 Å². The van der Waals surface area contributed by atoms with Gasteiger partial charge in [0.2, 0.25) is 5.91 Å². The summed E-state index contributed by atoms with van der Waals surface area (Å²) in [5.74, 6) is 1.31. The van der Waals surface area contributed by atoms with Crippen LogP contribution in [0.25, 0.3) is 0 Å². The van der Waals surface area contributed by atoms with Gasteiger partial charge in [-0.15, -0.1) is 0 Å². The normalized spacial score (nSPS) is 13.1. The van der Waals surface area contributed by atoms with Crippen molar-refractivity contribution >= 4 is 5.91 Å². The molecule has 0 fully saturated rings. The number of hydrogen-bond donors (Lipinski definition) is 1. The Morgan fingerprint density at radius 2 is 2.05 bits per heavy atom. The van der Waals surface area contributed by atoms with E-state index in [1.165, 1.54) is 0 Å². The van der Waals surface area contributed by atoms with Crippen molar-refractivity contribution in [1.29, 1.82) is 0 Å². The van der Waals surface area contributed by atoms with Crippen LogP contribution < -0.4 is 14.8 Å². The third kappa shape index (κ3) is 4.40. The minimum absolute atomic E-state index is 0.0356. The Balaban J connectivity index is 1.74. The van der Waals surface area contributed by atoms with Crippen molar-refractivity contribution in [2.24, 2.45) is 0 Å². The molecular formula is C14H19NO5. The van der Waals surface area contributed by atoms with Crippen LogP contribution in [0.4, 0.5) is 0 Å². The average Bonchev–Trinajstić information content (AvgIpc) is 2.49. The van der Waals surface area contributed by atoms with Gasteiger partial charge in [-0.3, -0.25) is 4.79 Å². The van der Waals surface area contributed by atoms with E-state index in [2.05, 4.69) is 5.32 Å². The van der Waals surface area contributed by atoms with E-state index in [-0.39, 0.29) is 12.5 Å². The number of hydrogen-bond acceptors (Lipinski definition) is 5. The molecule has 0 unspecified atom stereocenters. The molecule has 110 valence electrons. The summed E-state index contributed by atoms with van der Waals surface area (Å²) in [6.45, 7) is 2.48. The van der Waals surface area contributed by atoms with Gasteiger partial charge in [0.15, 0.2) is 11.5 Å². The number of carbonyl (C=O) groups excluding carboxylic acids is 1. The summed E-state index contributed by atoms with van der Waals surface area (Å²) in [6, 6.07) is 5.63. The molecule has 1 aromatic carbocycles. The minimum Gasteiger partial charge on any atom is -0.486 e. The fourth-order valence-electron chi connectivity index (χ4n) is 1.76. The number of benzene rings is 1. The number of methoxy groups -OCH3 is 1. The standard InChI is InChI=1S/C14H19NO5/c1-17-4-5-18-10-14(16)15-9-11-2-3-12-13(8-11)20-7-6-19-12/h2-3,8H,4-7,9-10H2,1H3,(H,15,16). The van der Waals surface area contributed by atoms with Crippen LogP contribution in [-0.4, -0.2) is 46.1 Å². The van der Waals surface area contributed by atoms with Gasteiger partial charge in [0.25, 0.3) is 0 Å². The topological polar surface area (TPSA) is 66.0 Å². The van der Waals surface area contributed by atoms with Crippen molar-refractivity contribution in [2.75, 3.05) is 40.1 Å². The molecule has 20 heavy (non-hydrogen) atoms. The predicted molar refractivity (Wildman–Crippen MR) is 72.0 cm³/mol. The van der Waals surface area contributed by atoms with Crippen LogP contribution >= 0.6 is 0 Å². The second kappa shape index (κ2) is 7.72. The van der Waals surface area contributed by atoms with Crippen molar-refractivity contribution in [3.05, 3.63) is 23.8 Å². The van der Waals surface area contributed by atoms with Gasteiger partial charge in [-0.25, -0.2) is 0 Å². The van der Waals surface area contributed by atoms with E-state index in [0.717, 1.165) is 17.1 Å². The number of rotatable bonds is 7. The molecular weight excluding hydrogens is 262 g/mol. The summed E-state index contributed by atoms with van der Waals surface area (Å²) < 4.78 is 20.9. The summed E-state index contributed by atoms with van der Waals surface area (Å²) in [4.78, 5) is 11.5. The first-order chi connectivity index (χ1) is 9.79. The SMILES string of the molecule is COCCOCC(=O)NCc1ccc2c(c1)OCCO2. The van der Waals surface area contributed by atoms with Gasteiger partial charge in [-0.05, 0) is 17.7 Å². The smallest absolute Gasteiger partial charge is 0.246 e. The number of carbonyl (C=O) groups is 1. The number of amides is 1. The quantitative estimate of drug-likeness (QED) is 0.747. The van der Waals surface area contributed by atoms with Crippen molar-refractivity contribution in [2.45, 2.75) is 6.54 Å². The summed E-state index contributed by atoms with van der Waals surface area (Å²) in [5.41, 5.74) is 0.958. The van der Waals surface area contributed by atoms with Crippen LogP contribution in [0, 0.1) is 0 Å². The minimum atomic E-state index is -0.156. The lowest BCUT2D eigenvalue weighted by Crippen LogP contribution is -2.27. The molecule has 0 aromatic heterocycles. The van der Waals surface area contributed by atoms with Crippen molar-refractivity contribution in [3.8, 4) is 11.5 Å². The molecule has 0 aliphatic carbocycles. The molecule has 1 aromatic rings. The van der Waals surface area contributed by atoms with E-state index in [9.17, 15) is 4.79 Å². The molecule has 1 heterocycles. The highest BCUT2D eigenvalue weighted by atomic mass is 16.6. The molecule has 6 heteroatoms. The number of ether oxygens (including phenoxy) is 4. The molecule has 1 aliphatic rings. The van der Waals surface area contributed by atoms with Crippen molar-refractivity contribution < 1.29 is 23.7 Å². The second-order valence-electron chi connectivity index (χ2n) is 4.30. The Morgan fingerprint density at radius 1 is 1.25 bits per heavy atom. The third-order valence-electron chi connectivity index (χ3n) is 2.76. The van der Waals surface area contributed by atoms with Gasteiger partial charge in [-0.2, -0.15) is 0 Å². The predicted octanol–water partition coefficient (Wildman–Crippen LogP) is 0.737. The van der Waals surface area contributed by atoms with Crippen LogP contribution in [0.15, 0.2) is 18.2 Å². The molecule has 6 nitrogen and oxygen atoms in total. The van der Waals surface area contributed by atoms with E-state index in [4.69, 9.17) is 18.9 Å². The lowest BCUT2D eigenvalue weighted by Gasteiger charge is -2.19. The molecule has 0 bridgehead atoms. The zero-order valence-corrected chi connectivity index (χ0v) is 11.5. The van der Waals surface area contributed by atoms with Gasteiger partial charge < -0.3 is 24.3 Å². The fraction of sp³-hybridized carbons (Fsp3) is 0.500. The van der Waals surface area contributed by atoms with E-state index in [0.29, 0.717) is 33.0 Å². The molecule has 2 rings (SSSR count). The molecule has 0 atom stereocenters. The molecule has 0 spiro atoms. The maximum atomic E-state index is 11.5. The first kappa shape index (κ1) is 14.6. The number of nitrogens with one attached hydrogen (secondary N) is 1. The second-order valence-corrected chi connectivity index (χ2v) is 4.30. The lowest BCUT2D eigenvalue weighted by atomic mass is 10.2. The Morgan fingerprint density at radius 3 is 2.85 bits per heavy atom. The molecule has 0 saturated heterocycles. The van der Waals surface area contributed by atoms with Crippen LogP contribution in [0.2, 0.25) is 0 Å². The van der Waals surface area contributed by atoms with Crippen LogP contribution in [-0.2, 0) is 20.8 Å². The summed E-state index contributed by atoms with van der Waals surface area (Å²) in [6.07, 6.45) is 0. The Labute approximate surface area is 118 Å². The maximum Gasteiger partial charge on any atom is 0.246 e. The highest BCUT2D eigenvalue weighted by molar-refractivity contribution is 5.77. The first-order valence-corrected chi connectivity index (χ1v) is 6.51. The largest absolute Gasteiger partial charge is 0.486 e. The lowest BCUT2D eigenvalue weighted by molar-refractivity contribution is -0.126. The zero-order valence-electron chi connectivity index (χ0n) is 11.5. The Bertz CT molecular complexity index is 449. The maximum absolute atomic E-state index is 11.5. The average molecular weight is 281 g/mol. The molecule has 1 N–H and O–H groups in total. The van der Waals surface area contributed by atoms with Crippen LogP contribution in [0.3, 0.4) is 0 Å². The van der Waals surface area contributed by atoms with Gasteiger partial charge >= 0.3 is 0 Å². The Hall–Kier alpha value is -1.79. The summed E-state index contributed by atoms with van der Waals surface area (Å²) >= 11 is 0. The molecule has 0 saturated carbocycles. The summed E-state index contributed by atoms with van der Waals surface area (Å²) in [5, 5.41) is 2.78. The fourth-order valence-corrected chi connectivity index (χ4v) is 1.76. The van der Waals surface area contributed by atoms with Gasteiger partial charge in [-0.1, -0.05) is 6.07 Å². The van der Waals surface area contributed by atoms with Crippen LogP contribution in [0.1, 0.15) is 5.56 Å². The van der Waals surface area contributed by atoms with E-state index in [1.807, 2.05) is 18.2 Å². The molecule has 1 amide bonds. The van der Waals surface area contributed by atoms with Crippen molar-refractivity contribution in [1.82, 2.24) is 5.32 Å². The third-order valence-corrected chi connectivity index (χ3v) is 2.76. The van der Waals surface area contributed by atoms with E-state index >= 15 is 0 Å². The zero-order chi connectivity index (χ0) is 14.2. The molecule has 0 radical (unpaired) electrons. The van der Waals surface area contributed by atoms with Gasteiger partial charge in [0.05, 0.1) is 13.2 Å².